The average Bonchev–Trinajstić information content (AvgIpc) is 2.47. The minimum atomic E-state index is 0.0461. The first-order valence-electron chi connectivity index (χ1n) is 8.12. The maximum atomic E-state index is 6.07. The first kappa shape index (κ1) is 16.8. The third-order valence-corrected chi connectivity index (χ3v) is 4.34. The number of methoxy groups -OCH3 is 1. The number of rotatable bonds is 4. The number of hydrogen-bond donors (Lipinski definition) is 2. The molecule has 0 amide bonds. The van der Waals surface area contributed by atoms with Crippen LogP contribution in [0.4, 0.5) is 5.69 Å². The molecule has 1 aliphatic carbocycles. The zero-order chi connectivity index (χ0) is 16.2. The molecular weight excluding hydrogens is 274 g/mol. The molecule has 0 saturated heterocycles. The zero-order valence-electron chi connectivity index (χ0n) is 14.3. The van der Waals surface area contributed by atoms with Crippen LogP contribution in [0.3, 0.4) is 0 Å². The van der Waals surface area contributed by atoms with Gasteiger partial charge in [0.25, 0.3) is 0 Å². The van der Waals surface area contributed by atoms with Gasteiger partial charge in [0.15, 0.2) is 5.96 Å². The van der Waals surface area contributed by atoms with Gasteiger partial charge in [-0.1, -0.05) is 32.9 Å². The van der Waals surface area contributed by atoms with Crippen molar-refractivity contribution in [1.82, 2.24) is 0 Å². The predicted octanol–water partition coefficient (Wildman–Crippen LogP) is 3.35. The number of ether oxygens (including phenoxy) is 1. The summed E-state index contributed by atoms with van der Waals surface area (Å²) in [4.78, 5) is 4.46. The molecule has 1 unspecified atom stereocenters. The highest BCUT2D eigenvalue weighted by molar-refractivity contribution is 5.93. The Bertz CT molecular complexity index is 532. The molecule has 0 saturated carbocycles. The van der Waals surface area contributed by atoms with Gasteiger partial charge in [0.2, 0.25) is 0 Å². The van der Waals surface area contributed by atoms with E-state index in [1.54, 1.807) is 7.11 Å². The van der Waals surface area contributed by atoms with Crippen molar-refractivity contribution in [2.24, 2.45) is 16.1 Å². The van der Waals surface area contributed by atoms with Crippen molar-refractivity contribution in [2.45, 2.75) is 52.6 Å². The standard InChI is InChI=1S/C18H29N3O/c1-18(2,3)16(22-4)12-20-17(19)21-15-11-7-9-13-8-5-6-10-14(13)15/h7,9,11,16H,5-6,8,10,12H2,1-4H3,(H3,19,20,21). The molecule has 122 valence electrons. The number of nitrogens with zero attached hydrogens (tertiary/aromatic N) is 1. The fourth-order valence-electron chi connectivity index (χ4n) is 2.96. The second-order valence-corrected chi connectivity index (χ2v) is 7.09. The van der Waals surface area contributed by atoms with Gasteiger partial charge in [-0.05, 0) is 48.3 Å². The second kappa shape index (κ2) is 7.14. The average molecular weight is 303 g/mol. The minimum Gasteiger partial charge on any atom is -0.379 e. The van der Waals surface area contributed by atoms with Crippen LogP contribution in [0.15, 0.2) is 23.2 Å². The third-order valence-electron chi connectivity index (χ3n) is 4.34. The quantitative estimate of drug-likeness (QED) is 0.662. The number of aryl methyl sites for hydroxylation is 1. The van der Waals surface area contributed by atoms with Crippen molar-refractivity contribution in [3.05, 3.63) is 29.3 Å². The molecule has 0 fully saturated rings. The number of aliphatic imine (C=N–C) groups is 1. The maximum absolute atomic E-state index is 6.07. The van der Waals surface area contributed by atoms with Gasteiger partial charge in [-0.25, -0.2) is 0 Å². The van der Waals surface area contributed by atoms with Gasteiger partial charge in [0.1, 0.15) is 0 Å². The molecule has 4 nitrogen and oxygen atoms in total. The Morgan fingerprint density at radius 1 is 1.32 bits per heavy atom. The summed E-state index contributed by atoms with van der Waals surface area (Å²) >= 11 is 0. The van der Waals surface area contributed by atoms with Crippen molar-refractivity contribution in [1.29, 1.82) is 0 Å². The third kappa shape index (κ3) is 4.23. The van der Waals surface area contributed by atoms with Crippen LogP contribution in [0.2, 0.25) is 0 Å². The van der Waals surface area contributed by atoms with Crippen molar-refractivity contribution >= 4 is 11.6 Å². The fourth-order valence-corrected chi connectivity index (χ4v) is 2.96. The zero-order valence-corrected chi connectivity index (χ0v) is 14.3. The predicted molar refractivity (Wildman–Crippen MR) is 93.4 cm³/mol. The number of benzene rings is 1. The number of fused-ring (bicyclic) bond motifs is 1. The van der Waals surface area contributed by atoms with Crippen LogP contribution in [0.5, 0.6) is 0 Å². The van der Waals surface area contributed by atoms with Crippen LogP contribution < -0.4 is 11.1 Å². The Balaban J connectivity index is 2.06. The Hall–Kier alpha value is -1.55. The lowest BCUT2D eigenvalue weighted by atomic mass is 9.89. The van der Waals surface area contributed by atoms with Gasteiger partial charge < -0.3 is 15.8 Å². The highest BCUT2D eigenvalue weighted by atomic mass is 16.5. The Morgan fingerprint density at radius 3 is 2.73 bits per heavy atom. The van der Waals surface area contributed by atoms with Gasteiger partial charge in [0.05, 0.1) is 12.6 Å². The number of hydrogen-bond acceptors (Lipinski definition) is 2. The molecule has 0 bridgehead atoms. The van der Waals surface area contributed by atoms with Gasteiger partial charge >= 0.3 is 0 Å². The van der Waals surface area contributed by atoms with E-state index in [-0.39, 0.29) is 11.5 Å². The molecule has 2 rings (SSSR count). The number of guanidine groups is 1. The van der Waals surface area contributed by atoms with Gasteiger partial charge in [-0.3, -0.25) is 4.99 Å². The van der Waals surface area contributed by atoms with Crippen LogP contribution >= 0.6 is 0 Å². The van der Waals surface area contributed by atoms with Crippen molar-refractivity contribution < 1.29 is 4.74 Å². The summed E-state index contributed by atoms with van der Waals surface area (Å²) in [6, 6.07) is 6.39. The SMILES string of the molecule is COC(CN=C(N)Nc1cccc2c1CCCC2)C(C)(C)C. The van der Waals surface area contributed by atoms with E-state index in [2.05, 4.69) is 49.3 Å². The summed E-state index contributed by atoms with van der Waals surface area (Å²) in [5.74, 6) is 0.463. The molecule has 0 aliphatic heterocycles. The molecule has 1 atom stereocenters. The normalized spacial score (nSPS) is 17.0. The Morgan fingerprint density at radius 2 is 2.05 bits per heavy atom. The summed E-state index contributed by atoms with van der Waals surface area (Å²) in [5, 5.41) is 3.27. The minimum absolute atomic E-state index is 0.0461. The van der Waals surface area contributed by atoms with Crippen molar-refractivity contribution in [2.75, 3.05) is 19.0 Å². The van der Waals surface area contributed by atoms with Gasteiger partial charge in [-0.15, -0.1) is 0 Å². The van der Waals surface area contributed by atoms with Gasteiger partial charge in [0, 0.05) is 12.8 Å². The Kier molecular flexibility index (Phi) is 5.46. The molecular formula is C18H29N3O. The van der Waals surface area contributed by atoms with E-state index in [0.717, 1.165) is 18.5 Å². The summed E-state index contributed by atoms with van der Waals surface area (Å²) in [5.41, 5.74) is 10.0. The number of nitrogens with two attached hydrogens (primary N) is 1. The molecule has 0 heterocycles. The molecule has 0 aromatic heterocycles. The summed E-state index contributed by atoms with van der Waals surface area (Å²) in [7, 11) is 1.72. The largest absolute Gasteiger partial charge is 0.379 e. The van der Waals surface area contributed by atoms with E-state index in [0.29, 0.717) is 12.5 Å². The summed E-state index contributed by atoms with van der Waals surface area (Å²) in [6.45, 7) is 7.00. The lowest BCUT2D eigenvalue weighted by Crippen LogP contribution is -2.33. The molecule has 1 aromatic rings. The monoisotopic (exact) mass is 303 g/mol. The number of anilines is 1. The summed E-state index contributed by atoms with van der Waals surface area (Å²) in [6.07, 6.45) is 4.86. The smallest absolute Gasteiger partial charge is 0.193 e. The highest BCUT2D eigenvalue weighted by Crippen LogP contribution is 2.27. The van der Waals surface area contributed by atoms with Crippen LogP contribution in [0, 0.1) is 5.41 Å². The molecule has 0 radical (unpaired) electrons. The van der Waals surface area contributed by atoms with Crippen molar-refractivity contribution in [3.63, 3.8) is 0 Å². The molecule has 0 spiro atoms. The molecule has 4 heteroatoms. The molecule has 1 aliphatic rings. The first-order valence-corrected chi connectivity index (χ1v) is 8.12. The fraction of sp³-hybridized carbons (Fsp3) is 0.611. The van der Waals surface area contributed by atoms with E-state index >= 15 is 0 Å². The van der Waals surface area contributed by atoms with Crippen molar-refractivity contribution in [3.8, 4) is 0 Å². The Labute approximate surface area is 134 Å². The highest BCUT2D eigenvalue weighted by Gasteiger charge is 2.24. The van der Waals surface area contributed by atoms with Crippen LogP contribution in [-0.2, 0) is 17.6 Å². The van der Waals surface area contributed by atoms with E-state index in [9.17, 15) is 0 Å². The maximum Gasteiger partial charge on any atom is 0.193 e. The molecule has 1 aromatic carbocycles. The van der Waals surface area contributed by atoms with E-state index < -0.39 is 0 Å². The van der Waals surface area contributed by atoms with Crippen LogP contribution in [0.1, 0.15) is 44.7 Å². The molecule has 3 N–H and O–H groups in total. The molecule has 22 heavy (non-hydrogen) atoms. The lowest BCUT2D eigenvalue weighted by Gasteiger charge is -2.28. The van der Waals surface area contributed by atoms with E-state index in [4.69, 9.17) is 10.5 Å². The topological polar surface area (TPSA) is 59.6 Å². The van der Waals surface area contributed by atoms with Gasteiger partial charge in [-0.2, -0.15) is 0 Å². The summed E-state index contributed by atoms with van der Waals surface area (Å²) < 4.78 is 5.52. The van der Waals surface area contributed by atoms with E-state index in [1.165, 1.54) is 24.0 Å². The number of nitrogens with one attached hydrogen (secondary N) is 1. The van der Waals surface area contributed by atoms with E-state index in [1.807, 2.05) is 0 Å². The first-order chi connectivity index (χ1) is 10.4. The lowest BCUT2D eigenvalue weighted by molar-refractivity contribution is 0.0242. The second-order valence-electron chi connectivity index (χ2n) is 7.09. The van der Waals surface area contributed by atoms with Crippen LogP contribution in [-0.4, -0.2) is 25.7 Å². The van der Waals surface area contributed by atoms with Crippen LogP contribution in [0.25, 0.3) is 0 Å².